The minimum absolute atomic E-state index is 0.176. The Morgan fingerprint density at radius 3 is 2.75 bits per heavy atom. The Kier molecular flexibility index (Phi) is 1.94. The summed E-state index contributed by atoms with van der Waals surface area (Å²) in [4.78, 5) is 13.0. The Balaban J connectivity index is 1.81. The summed E-state index contributed by atoms with van der Waals surface area (Å²) in [6, 6.07) is 9.94. The van der Waals surface area contributed by atoms with Gasteiger partial charge in [0.05, 0.1) is 6.54 Å². The van der Waals surface area contributed by atoms with Crippen molar-refractivity contribution in [3.8, 4) is 0 Å². The van der Waals surface area contributed by atoms with Crippen molar-refractivity contribution >= 4 is 6.09 Å². The Hall–Kier alpha value is -1.55. The third kappa shape index (κ3) is 1.30. The van der Waals surface area contributed by atoms with Gasteiger partial charge in [0.1, 0.15) is 12.2 Å². The van der Waals surface area contributed by atoms with Gasteiger partial charge in [-0.3, -0.25) is 4.90 Å². The van der Waals surface area contributed by atoms with Crippen LogP contribution >= 0.6 is 0 Å². The highest BCUT2D eigenvalue weighted by molar-refractivity contribution is 5.70. The number of hydrogen-bond donors (Lipinski definition) is 0. The largest absolute Gasteiger partial charge is 0.447 e. The molecule has 16 heavy (non-hydrogen) atoms. The van der Waals surface area contributed by atoms with E-state index in [1.165, 1.54) is 0 Å². The van der Waals surface area contributed by atoms with Gasteiger partial charge in [0.2, 0.25) is 0 Å². The molecular formula is C12H13NO3. The Labute approximate surface area is 93.8 Å². The lowest BCUT2D eigenvalue weighted by atomic mass is 10.0. The molecule has 4 heteroatoms. The normalized spacial score (nSPS) is 32.7. The lowest BCUT2D eigenvalue weighted by molar-refractivity contribution is 0.144. The van der Waals surface area contributed by atoms with E-state index in [0.717, 1.165) is 5.56 Å². The average molecular weight is 219 g/mol. The molecule has 1 aromatic rings. The highest BCUT2D eigenvalue weighted by Crippen LogP contribution is 2.48. The lowest BCUT2D eigenvalue weighted by Gasteiger charge is -2.12. The van der Waals surface area contributed by atoms with Crippen LogP contribution in [0.3, 0.4) is 0 Å². The number of hydrogen-bond acceptors (Lipinski definition) is 3. The highest BCUT2D eigenvalue weighted by atomic mass is 16.6. The molecule has 2 aliphatic rings. The van der Waals surface area contributed by atoms with Gasteiger partial charge in [0.15, 0.2) is 6.23 Å². The minimum Gasteiger partial charge on any atom is -0.447 e. The number of benzene rings is 1. The maximum atomic E-state index is 11.4. The monoisotopic (exact) mass is 219 g/mol. The summed E-state index contributed by atoms with van der Waals surface area (Å²) >= 11 is 0. The molecule has 0 saturated carbocycles. The van der Waals surface area contributed by atoms with Gasteiger partial charge >= 0.3 is 6.09 Å². The topological polar surface area (TPSA) is 42.1 Å². The van der Waals surface area contributed by atoms with Crippen molar-refractivity contribution in [1.29, 1.82) is 0 Å². The molecule has 3 rings (SSSR count). The maximum Gasteiger partial charge on any atom is 0.412 e. The first-order valence-corrected chi connectivity index (χ1v) is 5.38. The molecule has 2 aliphatic heterocycles. The van der Waals surface area contributed by atoms with Gasteiger partial charge in [-0.2, -0.15) is 0 Å². The number of carbonyl (C=O) groups is 1. The van der Waals surface area contributed by atoms with Crippen LogP contribution in [0.5, 0.6) is 0 Å². The van der Waals surface area contributed by atoms with Crippen LogP contribution in [-0.4, -0.2) is 30.4 Å². The summed E-state index contributed by atoms with van der Waals surface area (Å²) in [5, 5.41) is 0. The van der Waals surface area contributed by atoms with Crippen LogP contribution in [0.25, 0.3) is 0 Å². The van der Waals surface area contributed by atoms with Crippen molar-refractivity contribution in [2.45, 2.75) is 18.8 Å². The van der Waals surface area contributed by atoms with Crippen molar-refractivity contribution in [3.63, 3.8) is 0 Å². The molecule has 84 valence electrons. The molecule has 4 nitrogen and oxygen atoms in total. The van der Waals surface area contributed by atoms with E-state index in [2.05, 4.69) is 0 Å². The van der Waals surface area contributed by atoms with Crippen LogP contribution in [0.15, 0.2) is 30.3 Å². The number of epoxide rings is 1. The first-order chi connectivity index (χ1) is 7.72. The fraction of sp³-hybridized carbons (Fsp3) is 0.417. The van der Waals surface area contributed by atoms with Gasteiger partial charge in [-0.1, -0.05) is 30.3 Å². The molecule has 0 N–H and O–H groups in total. The number of carbonyl (C=O) groups excluding carboxylic acids is 1. The Bertz CT molecular complexity index is 420. The predicted octanol–water partition coefficient (Wildman–Crippen LogP) is 1.71. The van der Waals surface area contributed by atoms with E-state index >= 15 is 0 Å². The zero-order valence-corrected chi connectivity index (χ0v) is 9.05. The second kappa shape index (κ2) is 3.22. The van der Waals surface area contributed by atoms with Crippen LogP contribution in [0.1, 0.15) is 12.5 Å². The molecule has 2 heterocycles. The van der Waals surface area contributed by atoms with Crippen molar-refractivity contribution in [2.75, 3.05) is 13.2 Å². The van der Waals surface area contributed by atoms with Gasteiger partial charge < -0.3 is 9.47 Å². The second-order valence-electron chi connectivity index (χ2n) is 4.25. The summed E-state index contributed by atoms with van der Waals surface area (Å²) in [5.41, 5.74) is 0.727. The fourth-order valence-corrected chi connectivity index (χ4v) is 2.16. The predicted molar refractivity (Wildman–Crippen MR) is 56.7 cm³/mol. The van der Waals surface area contributed by atoms with Gasteiger partial charge in [-0.25, -0.2) is 4.79 Å². The second-order valence-corrected chi connectivity index (χ2v) is 4.25. The van der Waals surface area contributed by atoms with E-state index in [1.54, 1.807) is 4.90 Å². The van der Waals surface area contributed by atoms with E-state index < -0.39 is 0 Å². The van der Waals surface area contributed by atoms with Gasteiger partial charge in [0, 0.05) is 0 Å². The van der Waals surface area contributed by atoms with Crippen LogP contribution < -0.4 is 0 Å². The smallest absolute Gasteiger partial charge is 0.412 e. The number of nitrogens with zero attached hydrogens (tertiary/aromatic N) is 1. The molecule has 2 saturated heterocycles. The molecule has 2 atom stereocenters. The quantitative estimate of drug-likeness (QED) is 0.711. The first kappa shape index (κ1) is 9.66. The third-order valence-electron chi connectivity index (χ3n) is 3.19. The number of amides is 1. The average Bonchev–Trinajstić information content (AvgIpc) is 2.81. The summed E-state index contributed by atoms with van der Waals surface area (Å²) in [6.45, 7) is 3.08. The third-order valence-corrected chi connectivity index (χ3v) is 3.19. The minimum atomic E-state index is -0.370. The van der Waals surface area contributed by atoms with E-state index in [1.807, 2.05) is 37.3 Å². The molecule has 1 aromatic carbocycles. The number of ether oxygens (including phenoxy) is 2. The first-order valence-electron chi connectivity index (χ1n) is 5.38. The SMILES string of the molecule is C[C@@]1(c2ccccc2)O[C@H]1N1CCOC1=O. The van der Waals surface area contributed by atoms with Crippen molar-refractivity contribution in [3.05, 3.63) is 35.9 Å². The molecule has 1 amide bonds. The summed E-state index contributed by atoms with van der Waals surface area (Å²) < 4.78 is 10.6. The Morgan fingerprint density at radius 2 is 2.12 bits per heavy atom. The van der Waals surface area contributed by atoms with Crippen molar-refractivity contribution in [2.24, 2.45) is 0 Å². The lowest BCUT2D eigenvalue weighted by Crippen LogP contribution is -2.31. The van der Waals surface area contributed by atoms with Gasteiger partial charge in [-0.05, 0) is 12.5 Å². The van der Waals surface area contributed by atoms with Crippen LogP contribution in [0, 0.1) is 0 Å². The molecule has 0 aliphatic carbocycles. The molecule has 2 fully saturated rings. The molecule has 0 spiro atoms. The van der Waals surface area contributed by atoms with Gasteiger partial charge in [0.25, 0.3) is 0 Å². The number of rotatable bonds is 2. The Morgan fingerprint density at radius 1 is 1.38 bits per heavy atom. The molecule has 0 unspecified atom stereocenters. The molecule has 0 bridgehead atoms. The summed E-state index contributed by atoms with van der Waals surface area (Å²) in [7, 11) is 0. The summed E-state index contributed by atoms with van der Waals surface area (Å²) in [5.74, 6) is 0. The maximum absolute atomic E-state index is 11.4. The van der Waals surface area contributed by atoms with Crippen LogP contribution in [0.2, 0.25) is 0 Å². The number of cyclic esters (lactones) is 1. The van der Waals surface area contributed by atoms with Crippen LogP contribution in [-0.2, 0) is 15.1 Å². The summed E-state index contributed by atoms with van der Waals surface area (Å²) in [6.07, 6.45) is -0.449. The fourth-order valence-electron chi connectivity index (χ4n) is 2.16. The molecule has 0 aromatic heterocycles. The van der Waals surface area contributed by atoms with E-state index in [0.29, 0.717) is 13.2 Å². The highest BCUT2D eigenvalue weighted by Gasteiger charge is 2.59. The van der Waals surface area contributed by atoms with Crippen LogP contribution in [0.4, 0.5) is 4.79 Å². The van der Waals surface area contributed by atoms with Gasteiger partial charge in [-0.15, -0.1) is 0 Å². The van der Waals surface area contributed by atoms with E-state index in [9.17, 15) is 4.79 Å². The molecule has 0 radical (unpaired) electrons. The zero-order valence-electron chi connectivity index (χ0n) is 9.05. The zero-order chi connectivity index (χ0) is 11.2. The van der Waals surface area contributed by atoms with E-state index in [-0.39, 0.29) is 17.9 Å². The molecular weight excluding hydrogens is 206 g/mol. The van der Waals surface area contributed by atoms with Crippen molar-refractivity contribution in [1.82, 2.24) is 4.90 Å². The van der Waals surface area contributed by atoms with E-state index in [4.69, 9.17) is 9.47 Å². The standard InChI is InChI=1S/C12H13NO3/c1-12(9-5-3-2-4-6-9)10(16-12)13-7-8-15-11(13)14/h2-6,10H,7-8H2,1H3/t10-,12+/m1/s1. The van der Waals surface area contributed by atoms with Crippen molar-refractivity contribution < 1.29 is 14.3 Å².